The van der Waals surface area contributed by atoms with E-state index in [2.05, 4.69) is 21.5 Å². The van der Waals surface area contributed by atoms with Crippen LogP contribution < -0.4 is 5.32 Å². The lowest BCUT2D eigenvalue weighted by molar-refractivity contribution is -0.121. The van der Waals surface area contributed by atoms with Crippen LogP contribution in [0.3, 0.4) is 0 Å². The maximum atomic E-state index is 11.6. The number of nitrogens with zero attached hydrogens (tertiary/aromatic N) is 3. The first-order chi connectivity index (χ1) is 9.69. The Morgan fingerprint density at radius 3 is 3.20 bits per heavy atom. The Morgan fingerprint density at radius 1 is 1.65 bits per heavy atom. The summed E-state index contributed by atoms with van der Waals surface area (Å²) < 4.78 is 5.10. The second-order valence-corrected chi connectivity index (χ2v) is 5.27. The smallest absolute Gasteiger partial charge is 0.227 e. The molecule has 0 aliphatic carbocycles. The lowest BCUT2D eigenvalue weighted by atomic mass is 10.2. The summed E-state index contributed by atoms with van der Waals surface area (Å²) in [5, 5.41) is 17.1. The van der Waals surface area contributed by atoms with E-state index < -0.39 is 0 Å². The van der Waals surface area contributed by atoms with E-state index in [1.165, 1.54) is 11.3 Å². The first-order valence-electron chi connectivity index (χ1n) is 6.22. The third-order valence-electron chi connectivity index (χ3n) is 2.60. The van der Waals surface area contributed by atoms with Crippen LogP contribution in [0, 0.1) is 17.2 Å². The van der Waals surface area contributed by atoms with E-state index in [1.54, 1.807) is 6.92 Å². The van der Waals surface area contributed by atoms with Gasteiger partial charge in [0.1, 0.15) is 0 Å². The summed E-state index contributed by atoms with van der Waals surface area (Å²) in [6, 6.07) is 5.89. The largest absolute Gasteiger partial charge is 0.355 e. The van der Waals surface area contributed by atoms with E-state index in [0.29, 0.717) is 24.7 Å². The van der Waals surface area contributed by atoms with E-state index in [9.17, 15) is 4.79 Å². The zero-order valence-corrected chi connectivity index (χ0v) is 11.8. The van der Waals surface area contributed by atoms with Gasteiger partial charge in [0.05, 0.1) is 16.9 Å². The Morgan fingerprint density at radius 2 is 2.50 bits per heavy atom. The molecule has 2 aromatic heterocycles. The highest BCUT2D eigenvalue weighted by Crippen LogP contribution is 2.21. The fourth-order valence-corrected chi connectivity index (χ4v) is 2.13. The van der Waals surface area contributed by atoms with Crippen molar-refractivity contribution in [3.05, 3.63) is 23.4 Å². The lowest BCUT2D eigenvalue weighted by Crippen LogP contribution is -2.27. The fraction of sp³-hybridized carbons (Fsp3) is 0.385. The molecule has 0 saturated carbocycles. The van der Waals surface area contributed by atoms with Crippen LogP contribution in [-0.4, -0.2) is 22.6 Å². The van der Waals surface area contributed by atoms with Crippen molar-refractivity contribution in [1.29, 1.82) is 5.26 Å². The Labute approximate surface area is 120 Å². The van der Waals surface area contributed by atoms with Gasteiger partial charge in [0.25, 0.3) is 0 Å². The van der Waals surface area contributed by atoms with Gasteiger partial charge in [-0.25, -0.2) is 0 Å². The molecule has 2 rings (SSSR count). The zero-order chi connectivity index (χ0) is 14.4. The van der Waals surface area contributed by atoms with Crippen molar-refractivity contribution in [3.8, 4) is 16.8 Å². The predicted molar refractivity (Wildman–Crippen MR) is 73.7 cm³/mol. The molecular formula is C13H14N4O2S. The number of carbonyl (C=O) groups excluding carboxylic acids is 1. The first-order valence-corrected chi connectivity index (χ1v) is 7.10. The van der Waals surface area contributed by atoms with E-state index >= 15 is 0 Å². The number of rotatable bonds is 6. The Kier molecular flexibility index (Phi) is 4.85. The Balaban J connectivity index is 1.80. The molecule has 6 nitrogen and oxygen atoms in total. The van der Waals surface area contributed by atoms with Crippen molar-refractivity contribution < 1.29 is 9.32 Å². The number of carbonyl (C=O) groups is 1. The van der Waals surface area contributed by atoms with Gasteiger partial charge >= 0.3 is 0 Å². The van der Waals surface area contributed by atoms with Crippen LogP contribution in [0.25, 0.3) is 10.7 Å². The molecule has 1 unspecified atom stereocenters. The van der Waals surface area contributed by atoms with E-state index in [4.69, 9.17) is 9.78 Å². The molecule has 0 aliphatic heterocycles. The molecule has 2 aromatic rings. The fourth-order valence-electron chi connectivity index (χ4n) is 1.48. The predicted octanol–water partition coefficient (Wildman–Crippen LogP) is 2.01. The van der Waals surface area contributed by atoms with Crippen LogP contribution >= 0.6 is 11.3 Å². The van der Waals surface area contributed by atoms with Crippen molar-refractivity contribution in [2.24, 2.45) is 5.92 Å². The Hall–Kier alpha value is -2.20. The van der Waals surface area contributed by atoms with Gasteiger partial charge in [-0.15, -0.1) is 11.3 Å². The normalized spacial score (nSPS) is 11.8. The molecule has 7 heteroatoms. The van der Waals surface area contributed by atoms with Crippen LogP contribution in [0.5, 0.6) is 0 Å². The summed E-state index contributed by atoms with van der Waals surface area (Å²) in [4.78, 5) is 16.7. The number of aromatic nitrogens is 2. The van der Waals surface area contributed by atoms with Crippen LogP contribution in [0.4, 0.5) is 0 Å². The molecule has 20 heavy (non-hydrogen) atoms. The summed E-state index contributed by atoms with van der Waals surface area (Å²) in [5.41, 5.74) is 0. The van der Waals surface area contributed by atoms with Crippen LogP contribution in [-0.2, 0) is 11.2 Å². The minimum absolute atomic E-state index is 0.122. The Bertz CT molecular complexity index is 600. The molecule has 0 aromatic carbocycles. The lowest BCUT2D eigenvalue weighted by Gasteiger charge is -2.04. The summed E-state index contributed by atoms with van der Waals surface area (Å²) in [7, 11) is 0. The number of aryl methyl sites for hydroxylation is 1. The first kappa shape index (κ1) is 14.2. The van der Waals surface area contributed by atoms with Gasteiger partial charge in [0.15, 0.2) is 0 Å². The van der Waals surface area contributed by atoms with E-state index in [1.807, 2.05) is 17.5 Å². The third-order valence-corrected chi connectivity index (χ3v) is 3.47. The van der Waals surface area contributed by atoms with Crippen LogP contribution in [0.15, 0.2) is 22.0 Å². The second kappa shape index (κ2) is 6.82. The van der Waals surface area contributed by atoms with E-state index in [0.717, 1.165) is 4.88 Å². The summed E-state index contributed by atoms with van der Waals surface area (Å²) in [6.45, 7) is 2.12. The molecule has 1 N–H and O–H groups in total. The van der Waals surface area contributed by atoms with Gasteiger partial charge in [-0.1, -0.05) is 11.2 Å². The molecular weight excluding hydrogens is 276 g/mol. The van der Waals surface area contributed by atoms with Gasteiger partial charge in [-0.2, -0.15) is 10.2 Å². The van der Waals surface area contributed by atoms with Crippen molar-refractivity contribution in [1.82, 2.24) is 15.5 Å². The number of amides is 1. The van der Waals surface area contributed by atoms with E-state index in [-0.39, 0.29) is 18.2 Å². The van der Waals surface area contributed by atoms with Gasteiger partial charge in [-0.05, 0) is 18.4 Å². The summed E-state index contributed by atoms with van der Waals surface area (Å²) >= 11 is 1.53. The number of hydrogen-bond donors (Lipinski definition) is 1. The summed E-state index contributed by atoms with van der Waals surface area (Å²) in [6.07, 6.45) is 0.662. The molecule has 0 fully saturated rings. The number of hydrogen-bond acceptors (Lipinski definition) is 6. The average Bonchev–Trinajstić information content (AvgIpc) is 3.12. The molecule has 1 atom stereocenters. The topological polar surface area (TPSA) is 91.8 Å². The monoisotopic (exact) mass is 290 g/mol. The van der Waals surface area contributed by atoms with Crippen molar-refractivity contribution in [2.75, 3.05) is 6.54 Å². The summed E-state index contributed by atoms with van der Waals surface area (Å²) in [5.74, 6) is 0.682. The highest BCUT2D eigenvalue weighted by Gasteiger charge is 2.11. The zero-order valence-electron chi connectivity index (χ0n) is 11.0. The number of nitrogens with one attached hydrogen (secondary N) is 1. The number of nitriles is 1. The SMILES string of the molecule is CC(C#N)CNC(=O)CCc1nc(-c2cccs2)no1. The van der Waals surface area contributed by atoms with Crippen LogP contribution in [0.2, 0.25) is 0 Å². The van der Waals surface area contributed by atoms with Gasteiger partial charge < -0.3 is 9.84 Å². The average molecular weight is 290 g/mol. The third kappa shape index (κ3) is 3.90. The van der Waals surface area contributed by atoms with Crippen molar-refractivity contribution in [3.63, 3.8) is 0 Å². The van der Waals surface area contributed by atoms with Gasteiger partial charge in [0.2, 0.25) is 17.6 Å². The molecule has 1 amide bonds. The van der Waals surface area contributed by atoms with Crippen molar-refractivity contribution in [2.45, 2.75) is 19.8 Å². The minimum atomic E-state index is -0.187. The highest BCUT2D eigenvalue weighted by atomic mass is 32.1. The molecule has 0 spiro atoms. The van der Waals surface area contributed by atoms with Crippen LogP contribution in [0.1, 0.15) is 19.2 Å². The molecule has 2 heterocycles. The molecule has 0 radical (unpaired) electrons. The quantitative estimate of drug-likeness (QED) is 0.878. The maximum absolute atomic E-state index is 11.6. The molecule has 0 saturated heterocycles. The van der Waals surface area contributed by atoms with Gasteiger partial charge in [0, 0.05) is 19.4 Å². The molecule has 0 bridgehead atoms. The van der Waals surface area contributed by atoms with Crippen molar-refractivity contribution >= 4 is 17.2 Å². The minimum Gasteiger partial charge on any atom is -0.355 e. The maximum Gasteiger partial charge on any atom is 0.227 e. The number of thiophene rings is 1. The molecule has 104 valence electrons. The standard InChI is InChI=1S/C13H14N4O2S/c1-9(7-14)8-15-11(18)4-5-12-16-13(17-19-12)10-3-2-6-20-10/h2-3,6,9H,4-5,8H2,1H3,(H,15,18). The highest BCUT2D eigenvalue weighted by molar-refractivity contribution is 7.13. The second-order valence-electron chi connectivity index (χ2n) is 4.32. The van der Waals surface area contributed by atoms with Gasteiger partial charge in [-0.3, -0.25) is 4.79 Å². The molecule has 0 aliphatic rings.